The van der Waals surface area contributed by atoms with Gasteiger partial charge in [-0.25, -0.2) is 0 Å². The molecule has 0 aliphatic carbocycles. The molecule has 2 aromatic heterocycles. The van der Waals surface area contributed by atoms with E-state index in [-0.39, 0.29) is 0 Å². The lowest BCUT2D eigenvalue weighted by Crippen LogP contribution is -2.33. The highest BCUT2D eigenvalue weighted by Crippen LogP contribution is 2.22. The highest BCUT2D eigenvalue weighted by Gasteiger charge is 2.15. The number of nitrogens with one attached hydrogen (secondary N) is 2. The van der Waals surface area contributed by atoms with Gasteiger partial charge in [0.1, 0.15) is 0 Å². The highest BCUT2D eigenvalue weighted by atomic mass is 15.3. The highest BCUT2D eigenvalue weighted by molar-refractivity contribution is 5.63. The zero-order valence-corrected chi connectivity index (χ0v) is 13.8. The van der Waals surface area contributed by atoms with Crippen LogP contribution in [0.5, 0.6) is 0 Å². The Hall–Kier alpha value is -2.40. The molecule has 23 heavy (non-hydrogen) atoms. The minimum Gasteiger partial charge on any atom is -0.308 e. The summed E-state index contributed by atoms with van der Waals surface area (Å²) in [6, 6.07) is 11.0. The monoisotopic (exact) mass is 309 g/mol. The smallest absolute Gasteiger partial charge is 0.0695 e. The van der Waals surface area contributed by atoms with Crippen LogP contribution in [0.3, 0.4) is 0 Å². The van der Waals surface area contributed by atoms with Gasteiger partial charge in [-0.2, -0.15) is 10.2 Å². The molecule has 0 amide bonds. The minimum absolute atomic E-state index is 0.291. The van der Waals surface area contributed by atoms with Crippen LogP contribution in [-0.2, 0) is 6.54 Å². The first kappa shape index (κ1) is 15.5. The summed E-state index contributed by atoms with van der Waals surface area (Å²) in [5.41, 5.74) is 4.68. The second-order valence-corrected chi connectivity index (χ2v) is 6.04. The van der Waals surface area contributed by atoms with Gasteiger partial charge < -0.3 is 5.32 Å². The SMILES string of the molecule is Cc1cccc(-c2[nH]ncc2CN[C@@H](C)[C@H](C)n2cccn2)c1. The zero-order valence-electron chi connectivity index (χ0n) is 13.8. The third-order valence-electron chi connectivity index (χ3n) is 4.30. The molecule has 0 bridgehead atoms. The number of nitrogens with zero attached hydrogens (tertiary/aromatic N) is 3. The van der Waals surface area contributed by atoms with E-state index in [0.717, 1.165) is 12.2 Å². The Morgan fingerprint density at radius 2 is 2.13 bits per heavy atom. The summed E-state index contributed by atoms with van der Waals surface area (Å²) in [5, 5.41) is 15.2. The molecular weight excluding hydrogens is 286 g/mol. The second kappa shape index (κ2) is 6.79. The van der Waals surface area contributed by atoms with Crippen LogP contribution >= 0.6 is 0 Å². The van der Waals surface area contributed by atoms with Gasteiger partial charge in [0.25, 0.3) is 0 Å². The Labute approximate surface area is 136 Å². The number of aryl methyl sites for hydroxylation is 1. The molecule has 0 saturated heterocycles. The molecule has 0 radical (unpaired) electrons. The van der Waals surface area contributed by atoms with Gasteiger partial charge in [-0.05, 0) is 32.9 Å². The fourth-order valence-electron chi connectivity index (χ4n) is 2.69. The maximum atomic E-state index is 4.32. The third kappa shape index (κ3) is 3.51. The summed E-state index contributed by atoms with van der Waals surface area (Å²) in [6.07, 6.45) is 5.71. The van der Waals surface area contributed by atoms with Gasteiger partial charge in [0, 0.05) is 36.1 Å². The predicted molar refractivity (Wildman–Crippen MR) is 92.0 cm³/mol. The predicted octanol–water partition coefficient (Wildman–Crippen LogP) is 3.32. The molecule has 3 rings (SSSR count). The van der Waals surface area contributed by atoms with Crippen molar-refractivity contribution in [2.75, 3.05) is 0 Å². The molecule has 0 spiro atoms. The molecule has 0 fully saturated rings. The molecule has 5 heteroatoms. The van der Waals surface area contributed by atoms with E-state index in [1.54, 1.807) is 0 Å². The molecule has 2 N–H and O–H groups in total. The molecule has 0 saturated carbocycles. The Morgan fingerprint density at radius 3 is 2.87 bits per heavy atom. The van der Waals surface area contributed by atoms with E-state index in [0.29, 0.717) is 12.1 Å². The van der Waals surface area contributed by atoms with Crippen molar-refractivity contribution in [3.63, 3.8) is 0 Å². The summed E-state index contributed by atoms with van der Waals surface area (Å²) >= 11 is 0. The number of aromatic nitrogens is 4. The van der Waals surface area contributed by atoms with Crippen molar-refractivity contribution in [3.05, 3.63) is 60.0 Å². The largest absolute Gasteiger partial charge is 0.308 e. The molecule has 1 aromatic carbocycles. The Morgan fingerprint density at radius 1 is 1.26 bits per heavy atom. The second-order valence-electron chi connectivity index (χ2n) is 6.04. The normalized spacial score (nSPS) is 13.9. The van der Waals surface area contributed by atoms with Crippen LogP contribution in [0.15, 0.2) is 48.9 Å². The molecule has 2 atom stereocenters. The van der Waals surface area contributed by atoms with Crippen LogP contribution in [0.4, 0.5) is 0 Å². The molecule has 5 nitrogen and oxygen atoms in total. The van der Waals surface area contributed by atoms with Crippen LogP contribution in [-0.4, -0.2) is 26.0 Å². The lowest BCUT2D eigenvalue weighted by Gasteiger charge is -2.21. The lowest BCUT2D eigenvalue weighted by molar-refractivity contribution is 0.365. The lowest BCUT2D eigenvalue weighted by atomic mass is 10.1. The Bertz CT molecular complexity index is 744. The summed E-state index contributed by atoms with van der Waals surface area (Å²) in [6.45, 7) is 7.22. The van der Waals surface area contributed by atoms with E-state index in [1.807, 2.05) is 29.3 Å². The third-order valence-corrected chi connectivity index (χ3v) is 4.30. The first-order chi connectivity index (χ1) is 11.1. The number of hydrogen-bond acceptors (Lipinski definition) is 3. The van der Waals surface area contributed by atoms with Gasteiger partial charge in [-0.15, -0.1) is 0 Å². The maximum absolute atomic E-state index is 4.32. The zero-order chi connectivity index (χ0) is 16.2. The molecule has 2 heterocycles. The van der Waals surface area contributed by atoms with E-state index in [2.05, 4.69) is 65.6 Å². The molecule has 0 unspecified atom stereocenters. The number of H-pyrrole nitrogens is 1. The average Bonchev–Trinajstić information content (AvgIpc) is 3.23. The van der Waals surface area contributed by atoms with Crippen molar-refractivity contribution in [3.8, 4) is 11.3 Å². The Kier molecular flexibility index (Phi) is 4.57. The van der Waals surface area contributed by atoms with E-state index in [1.165, 1.54) is 16.7 Å². The van der Waals surface area contributed by atoms with Crippen LogP contribution in [0.1, 0.15) is 31.0 Å². The van der Waals surface area contributed by atoms with Crippen molar-refractivity contribution in [2.45, 2.75) is 39.4 Å². The molecule has 3 aromatic rings. The van der Waals surface area contributed by atoms with E-state index < -0.39 is 0 Å². The molecular formula is C18H23N5. The topological polar surface area (TPSA) is 58.5 Å². The van der Waals surface area contributed by atoms with E-state index >= 15 is 0 Å². The van der Waals surface area contributed by atoms with Crippen LogP contribution in [0, 0.1) is 6.92 Å². The maximum Gasteiger partial charge on any atom is 0.0695 e. The number of rotatable bonds is 6. The number of aromatic amines is 1. The van der Waals surface area contributed by atoms with Gasteiger partial charge in [-0.3, -0.25) is 9.78 Å². The minimum atomic E-state index is 0.291. The van der Waals surface area contributed by atoms with Crippen molar-refractivity contribution in [1.82, 2.24) is 25.3 Å². The van der Waals surface area contributed by atoms with Crippen molar-refractivity contribution < 1.29 is 0 Å². The van der Waals surface area contributed by atoms with Crippen LogP contribution in [0.2, 0.25) is 0 Å². The summed E-state index contributed by atoms with van der Waals surface area (Å²) in [5.74, 6) is 0. The first-order valence-corrected chi connectivity index (χ1v) is 7.97. The van der Waals surface area contributed by atoms with Gasteiger partial charge in [0.15, 0.2) is 0 Å². The van der Waals surface area contributed by atoms with Crippen LogP contribution in [0.25, 0.3) is 11.3 Å². The van der Waals surface area contributed by atoms with Gasteiger partial charge in [0.2, 0.25) is 0 Å². The average molecular weight is 309 g/mol. The molecule has 0 aliphatic heterocycles. The van der Waals surface area contributed by atoms with Crippen molar-refractivity contribution in [2.24, 2.45) is 0 Å². The molecule has 0 aliphatic rings. The number of benzene rings is 1. The fraction of sp³-hybridized carbons (Fsp3) is 0.333. The summed E-state index contributed by atoms with van der Waals surface area (Å²) in [7, 11) is 0. The van der Waals surface area contributed by atoms with E-state index in [9.17, 15) is 0 Å². The fourth-order valence-corrected chi connectivity index (χ4v) is 2.69. The first-order valence-electron chi connectivity index (χ1n) is 7.97. The number of hydrogen-bond donors (Lipinski definition) is 2. The quantitative estimate of drug-likeness (QED) is 0.734. The summed E-state index contributed by atoms with van der Waals surface area (Å²) in [4.78, 5) is 0. The van der Waals surface area contributed by atoms with Crippen LogP contribution < -0.4 is 5.32 Å². The van der Waals surface area contributed by atoms with Gasteiger partial charge in [0.05, 0.1) is 17.9 Å². The Balaban J connectivity index is 1.69. The van der Waals surface area contributed by atoms with Gasteiger partial charge >= 0.3 is 0 Å². The molecule has 120 valence electrons. The van der Waals surface area contributed by atoms with Crippen molar-refractivity contribution >= 4 is 0 Å². The van der Waals surface area contributed by atoms with Gasteiger partial charge in [-0.1, -0.05) is 23.8 Å². The standard InChI is InChI=1S/C18H23N5/c1-13-6-4-7-16(10-13)18-17(12-20-22-18)11-19-14(2)15(3)23-9-5-8-21-23/h4-10,12,14-15,19H,11H2,1-3H3,(H,20,22)/t14-,15-/m0/s1. The van der Waals surface area contributed by atoms with Crippen molar-refractivity contribution in [1.29, 1.82) is 0 Å². The van der Waals surface area contributed by atoms with E-state index in [4.69, 9.17) is 0 Å². The summed E-state index contributed by atoms with van der Waals surface area (Å²) < 4.78 is 1.98.